The van der Waals surface area contributed by atoms with Gasteiger partial charge in [-0.15, -0.1) is 0 Å². The molecule has 2 amide bonds. The Labute approximate surface area is 182 Å². The van der Waals surface area contributed by atoms with Crippen LogP contribution in [0.2, 0.25) is 0 Å². The van der Waals surface area contributed by atoms with Gasteiger partial charge in [0.25, 0.3) is 5.69 Å². The minimum atomic E-state index is -4.69. The van der Waals surface area contributed by atoms with E-state index >= 15 is 0 Å². The van der Waals surface area contributed by atoms with E-state index in [0.29, 0.717) is 58.3 Å². The summed E-state index contributed by atoms with van der Waals surface area (Å²) >= 11 is 0. The van der Waals surface area contributed by atoms with Gasteiger partial charge >= 0.3 is 6.18 Å². The summed E-state index contributed by atoms with van der Waals surface area (Å²) in [4.78, 5) is 38.9. The zero-order valence-corrected chi connectivity index (χ0v) is 17.4. The lowest BCUT2D eigenvalue weighted by Gasteiger charge is -2.36. The molecule has 9 nitrogen and oxygen atoms in total. The van der Waals surface area contributed by atoms with E-state index in [4.69, 9.17) is 4.74 Å². The van der Waals surface area contributed by atoms with Crippen LogP contribution in [0.25, 0.3) is 0 Å². The smallest absolute Gasteiger partial charge is 0.379 e. The molecule has 1 atom stereocenters. The average molecular weight is 458 g/mol. The molecule has 2 aliphatic heterocycles. The lowest BCUT2D eigenvalue weighted by molar-refractivity contribution is -0.384. The third-order valence-corrected chi connectivity index (χ3v) is 5.62. The Morgan fingerprint density at radius 2 is 1.91 bits per heavy atom. The molecule has 1 unspecified atom stereocenters. The first-order chi connectivity index (χ1) is 15.2. The van der Waals surface area contributed by atoms with Crippen LogP contribution in [0.15, 0.2) is 18.2 Å². The molecule has 0 aliphatic carbocycles. The Balaban J connectivity index is 1.54. The van der Waals surface area contributed by atoms with Crippen molar-refractivity contribution in [1.82, 2.24) is 9.80 Å². The zero-order valence-electron chi connectivity index (χ0n) is 17.4. The summed E-state index contributed by atoms with van der Waals surface area (Å²) in [5.41, 5.74) is -1.91. The summed E-state index contributed by atoms with van der Waals surface area (Å²) in [5.74, 6) is -0.467. The topological polar surface area (TPSA) is 105 Å². The highest BCUT2D eigenvalue weighted by molar-refractivity contribution is 5.81. The molecule has 0 radical (unpaired) electrons. The first-order valence-corrected chi connectivity index (χ1v) is 10.4. The normalized spacial score (nSPS) is 19.5. The van der Waals surface area contributed by atoms with Crippen LogP contribution in [0.3, 0.4) is 0 Å². The predicted molar refractivity (Wildman–Crippen MR) is 108 cm³/mol. The van der Waals surface area contributed by atoms with Gasteiger partial charge < -0.3 is 19.9 Å². The second-order valence-electron chi connectivity index (χ2n) is 7.78. The highest BCUT2D eigenvalue weighted by Crippen LogP contribution is 2.35. The van der Waals surface area contributed by atoms with Gasteiger partial charge in [-0.25, -0.2) is 0 Å². The standard InChI is InChI=1S/C20H25F3N4O5/c21-20(22,23)15-3-4-16(17(12-15)27(30)31)24-6-5-18(28)26-7-1-2-14(13-26)19(29)25-8-10-32-11-9-25/h3-4,12,14,24H,1-2,5-11,13H2. The van der Waals surface area contributed by atoms with Crippen molar-refractivity contribution in [1.29, 1.82) is 0 Å². The molecule has 1 aromatic rings. The van der Waals surface area contributed by atoms with Gasteiger partial charge in [0.15, 0.2) is 0 Å². The lowest BCUT2D eigenvalue weighted by atomic mass is 9.96. The molecule has 0 spiro atoms. The lowest BCUT2D eigenvalue weighted by Crippen LogP contribution is -2.49. The maximum Gasteiger partial charge on any atom is 0.416 e. The summed E-state index contributed by atoms with van der Waals surface area (Å²) in [6, 6.07) is 2.21. The molecular formula is C20H25F3N4O5. The number of carbonyl (C=O) groups excluding carboxylic acids is 2. The SMILES string of the molecule is O=C(CCNc1ccc(C(F)(F)F)cc1[N+](=O)[O-])N1CCCC(C(=O)N2CCOCC2)C1. The van der Waals surface area contributed by atoms with Crippen LogP contribution in [-0.4, -0.2) is 72.5 Å². The molecule has 3 rings (SSSR count). The maximum atomic E-state index is 12.8. The number of carbonyl (C=O) groups is 2. The first kappa shape index (κ1) is 23.8. The number of morpholine rings is 1. The van der Waals surface area contributed by atoms with Crippen molar-refractivity contribution >= 4 is 23.2 Å². The van der Waals surface area contributed by atoms with E-state index < -0.39 is 22.4 Å². The van der Waals surface area contributed by atoms with Crippen molar-refractivity contribution in [2.24, 2.45) is 5.92 Å². The fourth-order valence-electron chi connectivity index (χ4n) is 3.92. The number of ether oxygens (including phenoxy) is 1. The molecule has 0 saturated carbocycles. The van der Waals surface area contributed by atoms with Gasteiger partial charge in [0.05, 0.1) is 29.6 Å². The van der Waals surface area contributed by atoms with Gasteiger partial charge in [0.2, 0.25) is 11.8 Å². The molecule has 32 heavy (non-hydrogen) atoms. The van der Waals surface area contributed by atoms with Crippen molar-refractivity contribution in [3.63, 3.8) is 0 Å². The molecule has 2 fully saturated rings. The molecule has 12 heteroatoms. The van der Waals surface area contributed by atoms with E-state index in [-0.39, 0.29) is 36.4 Å². The Kier molecular flexibility index (Phi) is 7.54. The summed E-state index contributed by atoms with van der Waals surface area (Å²) in [7, 11) is 0. The number of likely N-dealkylation sites (tertiary alicyclic amines) is 1. The average Bonchev–Trinajstić information content (AvgIpc) is 2.78. The number of piperidine rings is 1. The molecule has 2 aliphatic rings. The Hall–Kier alpha value is -2.89. The van der Waals surface area contributed by atoms with Crippen LogP contribution < -0.4 is 5.32 Å². The van der Waals surface area contributed by atoms with Crippen molar-refractivity contribution in [3.8, 4) is 0 Å². The van der Waals surface area contributed by atoms with Crippen LogP contribution >= 0.6 is 0 Å². The number of rotatable bonds is 6. The van der Waals surface area contributed by atoms with Crippen molar-refractivity contribution < 1.29 is 32.4 Å². The van der Waals surface area contributed by atoms with Crippen molar-refractivity contribution in [2.45, 2.75) is 25.4 Å². The summed E-state index contributed by atoms with van der Waals surface area (Å²) < 4.78 is 43.7. The number of alkyl halides is 3. The predicted octanol–water partition coefficient (Wildman–Crippen LogP) is 2.51. The number of hydrogen-bond donors (Lipinski definition) is 1. The van der Waals surface area contributed by atoms with Gasteiger partial charge in [-0.05, 0) is 25.0 Å². The maximum absolute atomic E-state index is 12.8. The van der Waals surface area contributed by atoms with E-state index in [0.717, 1.165) is 12.1 Å². The number of nitro benzene ring substituents is 1. The minimum Gasteiger partial charge on any atom is -0.379 e. The van der Waals surface area contributed by atoms with Crippen LogP contribution in [0.5, 0.6) is 0 Å². The van der Waals surface area contributed by atoms with E-state index in [1.165, 1.54) is 0 Å². The molecule has 1 N–H and O–H groups in total. The second kappa shape index (κ2) is 10.2. The molecule has 1 aromatic carbocycles. The number of nitro groups is 1. The zero-order chi connectivity index (χ0) is 23.3. The molecular weight excluding hydrogens is 433 g/mol. The van der Waals surface area contributed by atoms with Gasteiger partial charge in [-0.3, -0.25) is 19.7 Å². The van der Waals surface area contributed by atoms with Crippen LogP contribution in [-0.2, 0) is 20.5 Å². The number of anilines is 1. The number of amides is 2. The summed E-state index contributed by atoms with van der Waals surface area (Å²) in [6.45, 7) is 2.94. The van der Waals surface area contributed by atoms with E-state index in [9.17, 15) is 32.9 Å². The number of hydrogen-bond acceptors (Lipinski definition) is 6. The Bertz CT molecular complexity index is 858. The molecule has 2 heterocycles. The Morgan fingerprint density at radius 3 is 2.56 bits per heavy atom. The Morgan fingerprint density at radius 1 is 1.19 bits per heavy atom. The minimum absolute atomic E-state index is 0.00333. The fourth-order valence-corrected chi connectivity index (χ4v) is 3.92. The van der Waals surface area contributed by atoms with Gasteiger partial charge in [0.1, 0.15) is 5.69 Å². The van der Waals surface area contributed by atoms with Gasteiger partial charge in [-0.1, -0.05) is 0 Å². The highest BCUT2D eigenvalue weighted by atomic mass is 19.4. The van der Waals surface area contributed by atoms with Crippen molar-refractivity contribution in [3.05, 3.63) is 33.9 Å². The third kappa shape index (κ3) is 5.87. The van der Waals surface area contributed by atoms with E-state index in [1.54, 1.807) is 9.80 Å². The quantitative estimate of drug-likeness (QED) is 0.519. The fraction of sp³-hybridized carbons (Fsp3) is 0.600. The first-order valence-electron chi connectivity index (χ1n) is 10.4. The third-order valence-electron chi connectivity index (χ3n) is 5.62. The van der Waals surface area contributed by atoms with E-state index in [1.807, 2.05) is 0 Å². The molecule has 176 valence electrons. The van der Waals surface area contributed by atoms with Gasteiger partial charge in [-0.2, -0.15) is 13.2 Å². The summed E-state index contributed by atoms with van der Waals surface area (Å²) in [6.07, 6.45) is -3.29. The van der Waals surface area contributed by atoms with Crippen LogP contribution in [0.4, 0.5) is 24.5 Å². The number of nitrogens with one attached hydrogen (secondary N) is 1. The number of halogens is 3. The molecule has 0 bridgehead atoms. The van der Waals surface area contributed by atoms with Gasteiger partial charge in [0, 0.05) is 45.2 Å². The molecule has 0 aromatic heterocycles. The second-order valence-corrected chi connectivity index (χ2v) is 7.78. The largest absolute Gasteiger partial charge is 0.416 e. The van der Waals surface area contributed by atoms with Crippen LogP contribution in [0.1, 0.15) is 24.8 Å². The van der Waals surface area contributed by atoms with Crippen LogP contribution in [0, 0.1) is 16.0 Å². The summed E-state index contributed by atoms with van der Waals surface area (Å²) in [5, 5.41) is 13.8. The monoisotopic (exact) mass is 458 g/mol. The molecule has 2 saturated heterocycles. The van der Waals surface area contributed by atoms with Crippen molar-refractivity contribution in [2.75, 3.05) is 51.3 Å². The highest BCUT2D eigenvalue weighted by Gasteiger charge is 2.34. The van der Waals surface area contributed by atoms with E-state index in [2.05, 4.69) is 5.32 Å². The number of nitrogens with zero attached hydrogens (tertiary/aromatic N) is 3. The number of benzene rings is 1.